The van der Waals surface area contributed by atoms with Crippen LogP contribution in [0.3, 0.4) is 0 Å². The van der Waals surface area contributed by atoms with E-state index in [-0.39, 0.29) is 0 Å². The zero-order valence-electron chi connectivity index (χ0n) is 9.64. The lowest BCUT2D eigenvalue weighted by atomic mass is 10.2. The van der Waals surface area contributed by atoms with E-state index in [1.54, 1.807) is 0 Å². The van der Waals surface area contributed by atoms with Crippen molar-refractivity contribution in [3.05, 3.63) is 0 Å². The van der Waals surface area contributed by atoms with Gasteiger partial charge in [0.25, 0.3) is 0 Å². The first-order chi connectivity index (χ1) is 7.57. The van der Waals surface area contributed by atoms with Crippen LogP contribution in [0.15, 0.2) is 0 Å². The molecule has 0 aromatic carbocycles. The predicted octanol–water partition coefficient (Wildman–Crippen LogP) is 0.591. The predicted molar refractivity (Wildman–Crippen MR) is 63.6 cm³/mol. The van der Waals surface area contributed by atoms with E-state index in [0.29, 0.717) is 24.7 Å². The molecule has 16 heavy (non-hydrogen) atoms. The number of hydrogen-bond acceptors (Lipinski definition) is 4. The summed E-state index contributed by atoms with van der Waals surface area (Å²) >= 11 is 1.45. The van der Waals surface area contributed by atoms with Gasteiger partial charge in [-0.2, -0.15) is 11.8 Å². The van der Waals surface area contributed by atoms with Crippen LogP contribution in [0, 0.1) is 5.92 Å². The molecular weight excluding hydrogens is 230 g/mol. The largest absolute Gasteiger partial charge is 0.480 e. The Morgan fingerprint density at radius 3 is 2.75 bits per heavy atom. The van der Waals surface area contributed by atoms with Gasteiger partial charge in [-0.3, -0.25) is 4.79 Å². The summed E-state index contributed by atoms with van der Waals surface area (Å²) in [7, 11) is 0. The Kier molecular flexibility index (Phi) is 9.03. The number of amides is 1. The van der Waals surface area contributed by atoms with E-state index < -0.39 is 12.0 Å². The van der Waals surface area contributed by atoms with Gasteiger partial charge in [0, 0.05) is 18.1 Å². The maximum absolute atomic E-state index is 10.6. The third kappa shape index (κ3) is 8.55. The normalized spacial score (nSPS) is 12.4. The lowest BCUT2D eigenvalue weighted by Crippen LogP contribution is -2.38. The molecule has 0 bridgehead atoms. The summed E-state index contributed by atoms with van der Waals surface area (Å²) in [6.07, 6.45) is 0.411. The summed E-state index contributed by atoms with van der Waals surface area (Å²) < 4.78 is 5.34. The minimum absolute atomic E-state index is 0.360. The summed E-state index contributed by atoms with van der Waals surface area (Å²) in [5.41, 5.74) is 0. The number of nitrogens with one attached hydrogen (secondary N) is 1. The molecule has 0 radical (unpaired) electrons. The number of thioether (sulfide) groups is 1. The van der Waals surface area contributed by atoms with Gasteiger partial charge in [-0.15, -0.1) is 0 Å². The summed E-state index contributed by atoms with van der Waals surface area (Å²) in [6.45, 7) is 5.47. The second-order valence-corrected chi connectivity index (χ2v) is 4.87. The molecule has 0 aliphatic rings. The van der Waals surface area contributed by atoms with Gasteiger partial charge in [-0.1, -0.05) is 13.8 Å². The van der Waals surface area contributed by atoms with Gasteiger partial charge < -0.3 is 15.2 Å². The topological polar surface area (TPSA) is 75.6 Å². The lowest BCUT2D eigenvalue weighted by Gasteiger charge is -2.11. The van der Waals surface area contributed by atoms with Gasteiger partial charge in [0.2, 0.25) is 6.41 Å². The fourth-order valence-electron chi connectivity index (χ4n) is 0.911. The van der Waals surface area contributed by atoms with Crippen LogP contribution in [0.5, 0.6) is 0 Å². The molecule has 1 amide bonds. The van der Waals surface area contributed by atoms with E-state index in [4.69, 9.17) is 9.84 Å². The van der Waals surface area contributed by atoms with E-state index in [0.717, 1.165) is 12.4 Å². The highest BCUT2D eigenvalue weighted by Crippen LogP contribution is 2.03. The first kappa shape index (κ1) is 15.2. The number of rotatable bonds is 10. The van der Waals surface area contributed by atoms with Gasteiger partial charge in [0.15, 0.2) is 0 Å². The quantitative estimate of drug-likeness (QED) is 0.438. The zero-order valence-corrected chi connectivity index (χ0v) is 10.5. The molecule has 0 aliphatic heterocycles. The van der Waals surface area contributed by atoms with Crippen molar-refractivity contribution >= 4 is 24.1 Å². The van der Waals surface area contributed by atoms with Crippen molar-refractivity contribution in [1.82, 2.24) is 5.32 Å². The fraction of sp³-hybridized carbons (Fsp3) is 0.800. The van der Waals surface area contributed by atoms with Crippen molar-refractivity contribution < 1.29 is 19.4 Å². The molecule has 0 heterocycles. The molecular formula is C10H19NO4S. The van der Waals surface area contributed by atoms with Crippen LogP contribution < -0.4 is 5.32 Å². The Hall–Kier alpha value is -0.750. The van der Waals surface area contributed by atoms with Crippen LogP contribution in [0.4, 0.5) is 0 Å². The smallest absolute Gasteiger partial charge is 0.327 e. The molecule has 0 aliphatic carbocycles. The summed E-state index contributed by atoms with van der Waals surface area (Å²) in [5, 5.41) is 11.0. The van der Waals surface area contributed by atoms with Crippen LogP contribution in [0.25, 0.3) is 0 Å². The Morgan fingerprint density at radius 1 is 1.56 bits per heavy atom. The minimum atomic E-state index is -1.01. The molecule has 0 spiro atoms. The van der Waals surface area contributed by atoms with Crippen LogP contribution in [-0.4, -0.2) is 48.2 Å². The second-order valence-electron chi connectivity index (χ2n) is 3.72. The number of carboxylic acid groups (broad SMARTS) is 1. The van der Waals surface area contributed by atoms with Crippen molar-refractivity contribution in [2.24, 2.45) is 5.92 Å². The number of carbonyl (C=O) groups excluding carboxylic acids is 1. The minimum Gasteiger partial charge on any atom is -0.480 e. The third-order valence-electron chi connectivity index (χ3n) is 1.68. The highest BCUT2D eigenvalue weighted by atomic mass is 32.2. The lowest BCUT2D eigenvalue weighted by molar-refractivity contribution is -0.139. The third-order valence-corrected chi connectivity index (χ3v) is 2.70. The van der Waals surface area contributed by atoms with Crippen molar-refractivity contribution in [3.8, 4) is 0 Å². The summed E-state index contributed by atoms with van der Waals surface area (Å²) in [5.74, 6) is 0.590. The Morgan fingerprint density at radius 2 is 2.25 bits per heavy atom. The molecule has 94 valence electrons. The van der Waals surface area contributed by atoms with Crippen LogP contribution in [0.1, 0.15) is 13.8 Å². The molecule has 0 aromatic rings. The number of aliphatic carboxylic acids is 1. The second kappa shape index (κ2) is 9.47. The fourth-order valence-corrected chi connectivity index (χ4v) is 1.79. The van der Waals surface area contributed by atoms with Gasteiger partial charge in [-0.05, 0) is 5.92 Å². The number of carbonyl (C=O) groups is 2. The number of ether oxygens (including phenoxy) is 1. The van der Waals surface area contributed by atoms with Gasteiger partial charge in [-0.25, -0.2) is 4.79 Å². The SMILES string of the molecule is CC(C)COCCSCC(NC=O)C(=O)O. The molecule has 0 saturated carbocycles. The van der Waals surface area contributed by atoms with Gasteiger partial charge in [0.1, 0.15) is 6.04 Å². The Bertz CT molecular complexity index is 211. The molecule has 0 aromatic heterocycles. The zero-order chi connectivity index (χ0) is 12.4. The van der Waals surface area contributed by atoms with Crippen molar-refractivity contribution in [2.45, 2.75) is 19.9 Å². The molecule has 1 unspecified atom stereocenters. The van der Waals surface area contributed by atoms with Crippen LogP contribution in [-0.2, 0) is 14.3 Å². The molecule has 0 saturated heterocycles. The number of carboxylic acids is 1. The molecule has 1 atom stereocenters. The van der Waals surface area contributed by atoms with E-state index in [1.165, 1.54) is 11.8 Å². The summed E-state index contributed by atoms with van der Waals surface area (Å²) in [6, 6.07) is -0.812. The average molecular weight is 249 g/mol. The van der Waals surface area contributed by atoms with Crippen LogP contribution in [0.2, 0.25) is 0 Å². The Balaban J connectivity index is 3.47. The molecule has 0 rings (SSSR count). The van der Waals surface area contributed by atoms with Crippen molar-refractivity contribution in [1.29, 1.82) is 0 Å². The summed E-state index contributed by atoms with van der Waals surface area (Å²) in [4.78, 5) is 20.8. The van der Waals surface area contributed by atoms with E-state index in [1.807, 2.05) is 0 Å². The molecule has 2 N–H and O–H groups in total. The van der Waals surface area contributed by atoms with E-state index in [2.05, 4.69) is 19.2 Å². The molecule has 5 nitrogen and oxygen atoms in total. The molecule has 6 heteroatoms. The standard InChI is InChI=1S/C10H19NO4S/c1-8(2)5-15-3-4-16-6-9(10(13)14)11-7-12/h7-9H,3-6H2,1-2H3,(H,11,12)(H,13,14). The monoisotopic (exact) mass is 249 g/mol. The highest BCUT2D eigenvalue weighted by molar-refractivity contribution is 7.99. The highest BCUT2D eigenvalue weighted by Gasteiger charge is 2.15. The number of hydrogen-bond donors (Lipinski definition) is 2. The van der Waals surface area contributed by atoms with Crippen molar-refractivity contribution in [3.63, 3.8) is 0 Å². The van der Waals surface area contributed by atoms with Gasteiger partial charge in [0.05, 0.1) is 6.61 Å². The average Bonchev–Trinajstić information content (AvgIpc) is 2.20. The first-order valence-corrected chi connectivity index (χ1v) is 6.31. The van der Waals surface area contributed by atoms with Crippen molar-refractivity contribution in [2.75, 3.05) is 24.7 Å². The molecule has 0 fully saturated rings. The Labute approximate surface area is 99.9 Å². The van der Waals surface area contributed by atoms with Crippen LogP contribution >= 0.6 is 11.8 Å². The van der Waals surface area contributed by atoms with E-state index in [9.17, 15) is 9.59 Å². The first-order valence-electron chi connectivity index (χ1n) is 5.16. The van der Waals surface area contributed by atoms with E-state index >= 15 is 0 Å². The van der Waals surface area contributed by atoms with Gasteiger partial charge >= 0.3 is 5.97 Å². The maximum atomic E-state index is 10.6. The maximum Gasteiger partial charge on any atom is 0.327 e.